The third kappa shape index (κ3) is 14.7. The van der Waals surface area contributed by atoms with Crippen molar-refractivity contribution in [1.82, 2.24) is 36.8 Å². The highest BCUT2D eigenvalue weighted by molar-refractivity contribution is 6.31. The number of rotatable bonds is 23. The Labute approximate surface area is 489 Å². The van der Waals surface area contributed by atoms with Crippen LogP contribution in [0.1, 0.15) is 135 Å². The summed E-state index contributed by atoms with van der Waals surface area (Å²) in [6.45, 7) is 8.09. The molecule has 85 heavy (non-hydrogen) atoms. The lowest BCUT2D eigenvalue weighted by Gasteiger charge is -2.43. The van der Waals surface area contributed by atoms with Gasteiger partial charge in [-0.25, -0.2) is 0 Å². The van der Waals surface area contributed by atoms with Crippen LogP contribution in [0.15, 0.2) is 42.5 Å². The van der Waals surface area contributed by atoms with E-state index in [1.165, 1.54) is 68.3 Å². The first-order valence-corrected chi connectivity index (χ1v) is 28.2. The Morgan fingerprint density at radius 1 is 0.800 bits per heavy atom. The van der Waals surface area contributed by atoms with Crippen molar-refractivity contribution >= 4 is 58.7 Å². The van der Waals surface area contributed by atoms with Crippen LogP contribution in [0.5, 0.6) is 23.0 Å². The molecule has 0 bridgehead atoms. The van der Waals surface area contributed by atoms with Crippen LogP contribution in [-0.2, 0) is 60.7 Å². The summed E-state index contributed by atoms with van der Waals surface area (Å²) < 4.78 is 17.8. The fraction of sp³-hybridized carbons (Fsp3) is 0.525. The number of hydrogen-bond acceptors (Lipinski definition) is 19. The molecule has 0 saturated carbocycles. The minimum atomic E-state index is -2.48. The van der Waals surface area contributed by atoms with Crippen molar-refractivity contribution in [3.8, 4) is 23.0 Å². The van der Waals surface area contributed by atoms with E-state index in [4.69, 9.17) is 14.2 Å². The molecular weight excluding hydrogens is 1110 g/mol. The first kappa shape index (κ1) is 64.5. The van der Waals surface area contributed by atoms with Gasteiger partial charge in [-0.1, -0.05) is 52.0 Å². The zero-order valence-corrected chi connectivity index (χ0v) is 48.3. The first-order valence-electron chi connectivity index (χ1n) is 28.2. The molecule has 0 spiro atoms. The lowest BCUT2D eigenvalue weighted by molar-refractivity contribution is -0.249. The van der Waals surface area contributed by atoms with Gasteiger partial charge >= 0.3 is 0 Å². The molecule has 4 aliphatic rings. The number of carbonyl (C=O) groups excluding carboxylic acids is 10. The number of Topliss-reactive ketones (excluding diaryl/α,β-unsaturated/α-hetero) is 1. The monoisotopic (exact) mass is 1190 g/mol. The van der Waals surface area contributed by atoms with Gasteiger partial charge in [0.2, 0.25) is 47.1 Å². The molecule has 2 saturated heterocycles. The van der Waals surface area contributed by atoms with Crippen LogP contribution in [0, 0.1) is 11.8 Å². The van der Waals surface area contributed by atoms with Crippen molar-refractivity contribution in [2.45, 2.75) is 153 Å². The topological polar surface area (TPSA) is 395 Å². The molecule has 3 aromatic carbocycles. The number of ketones is 3. The van der Waals surface area contributed by atoms with Gasteiger partial charge in [-0.3, -0.25) is 47.9 Å². The van der Waals surface area contributed by atoms with Crippen LogP contribution < -0.4 is 36.6 Å². The number of aliphatic hydroxyl groups is 3. The zero-order chi connectivity index (χ0) is 62.4. The summed E-state index contributed by atoms with van der Waals surface area (Å²) in [6.07, 6.45) is -6.64. The number of ether oxygens (including phenoxy) is 3. The van der Waals surface area contributed by atoms with Crippen LogP contribution >= 0.6 is 0 Å². The third-order valence-electron chi connectivity index (χ3n) is 15.6. The van der Waals surface area contributed by atoms with E-state index in [0.717, 1.165) is 0 Å². The number of carbonyl (C=O) groups is 10. The van der Waals surface area contributed by atoms with Crippen LogP contribution in [-0.4, -0.2) is 182 Å². The van der Waals surface area contributed by atoms with Gasteiger partial charge in [0.05, 0.1) is 55.1 Å². The molecule has 7 amide bonds. The number of nitrogens with one attached hydrogen (secondary N) is 6. The molecule has 12 N–H and O–H groups in total. The Kier molecular flexibility index (Phi) is 20.7. The van der Waals surface area contributed by atoms with E-state index in [2.05, 4.69) is 31.9 Å². The molecule has 10 atom stereocenters. The maximum absolute atomic E-state index is 14.6. The maximum atomic E-state index is 14.6. The highest BCUT2D eigenvalue weighted by atomic mass is 16.7. The largest absolute Gasteiger partial charge is 0.508 e. The minimum absolute atomic E-state index is 0.000910. The average molecular weight is 1190 g/mol. The molecule has 2 aliphatic heterocycles. The Hall–Kier alpha value is -8.04. The number of likely N-dealkylation sites (tertiary alicyclic amines) is 1. The quantitative estimate of drug-likeness (QED) is 0.0431. The third-order valence-corrected chi connectivity index (χ3v) is 15.6. The smallest absolute Gasteiger partial charge is 0.243 e. The number of nitrogens with zero attached hydrogens (tertiary/aromatic N) is 1. The van der Waals surface area contributed by atoms with Gasteiger partial charge < -0.3 is 81.7 Å². The molecule has 2 fully saturated rings. The fourth-order valence-corrected chi connectivity index (χ4v) is 11.3. The van der Waals surface area contributed by atoms with Gasteiger partial charge in [0.15, 0.2) is 17.9 Å². The molecule has 2 aliphatic carbocycles. The van der Waals surface area contributed by atoms with E-state index in [0.29, 0.717) is 18.4 Å². The number of phenolic OH excluding ortho intramolecular Hbond substituents is 3. The number of amides is 7. The van der Waals surface area contributed by atoms with Crippen molar-refractivity contribution in [2.24, 2.45) is 11.8 Å². The Balaban J connectivity index is 1.08. The number of aromatic hydroxyl groups is 3. The maximum Gasteiger partial charge on any atom is 0.243 e. The second-order valence-electron chi connectivity index (χ2n) is 22.9. The molecule has 3 aromatic rings. The Bertz CT molecular complexity index is 3100. The number of aliphatic hydroxyl groups excluding tert-OH is 2. The van der Waals surface area contributed by atoms with Crippen LogP contribution in [0.25, 0.3) is 0 Å². The Morgan fingerprint density at radius 2 is 1.46 bits per heavy atom. The molecular formula is C59H75N7O19. The summed E-state index contributed by atoms with van der Waals surface area (Å²) in [6, 6.07) is 3.95. The molecule has 0 unspecified atom stereocenters. The average Bonchev–Trinajstić information content (AvgIpc) is 1.09. The predicted molar refractivity (Wildman–Crippen MR) is 299 cm³/mol. The SMILES string of the molecule is COc1cccc2c1C(=O)c1c(O)c3c(c(O)c1C2=O)C[C@@](O)(C(=O)CO)C[C@@H]3O[C@H]1C[C@H](NC(=O)[C@H](Cc2ccc(O)cc2)NC(=O)[C@H](CC(C)C)NC(=O)CNC(=O)[C@H](CC(C)C)NC(=O)[C@@H]2CCCN2C(=O)CNC(C)=O)[C@H](O)[C@H](C)O1. The van der Waals surface area contributed by atoms with Gasteiger partial charge in [0.1, 0.15) is 65.5 Å². The van der Waals surface area contributed by atoms with Crippen molar-refractivity contribution in [1.29, 1.82) is 0 Å². The molecule has 7 rings (SSSR count). The summed E-state index contributed by atoms with van der Waals surface area (Å²) in [7, 11) is 1.27. The van der Waals surface area contributed by atoms with E-state index < -0.39 is 168 Å². The second kappa shape index (κ2) is 27.3. The first-order chi connectivity index (χ1) is 40.2. The number of methoxy groups -OCH3 is 1. The predicted octanol–water partition coefficient (Wildman–Crippen LogP) is -0.103. The van der Waals surface area contributed by atoms with E-state index in [-0.39, 0.29) is 84.4 Å². The number of hydrogen-bond donors (Lipinski definition) is 12. The zero-order valence-electron chi connectivity index (χ0n) is 48.3. The van der Waals surface area contributed by atoms with Gasteiger partial charge in [0.25, 0.3) is 0 Å². The highest BCUT2D eigenvalue weighted by Crippen LogP contribution is 2.52. The van der Waals surface area contributed by atoms with Crippen LogP contribution in [0.2, 0.25) is 0 Å². The summed E-state index contributed by atoms with van der Waals surface area (Å²) in [5.74, 6) is -9.59. The van der Waals surface area contributed by atoms with E-state index in [1.54, 1.807) is 13.8 Å². The van der Waals surface area contributed by atoms with Crippen LogP contribution in [0.4, 0.5) is 0 Å². The van der Waals surface area contributed by atoms with Gasteiger partial charge in [0, 0.05) is 55.8 Å². The van der Waals surface area contributed by atoms with Crippen molar-refractivity contribution in [3.63, 3.8) is 0 Å². The molecule has 26 heteroatoms. The van der Waals surface area contributed by atoms with Crippen LogP contribution in [0.3, 0.4) is 0 Å². The second-order valence-corrected chi connectivity index (χ2v) is 22.9. The Morgan fingerprint density at radius 3 is 2.09 bits per heavy atom. The number of benzene rings is 3. The summed E-state index contributed by atoms with van der Waals surface area (Å²) in [5, 5.41) is 83.0. The number of fused-ring (bicyclic) bond motifs is 3. The lowest BCUT2D eigenvalue weighted by Crippen LogP contribution is -2.60. The summed E-state index contributed by atoms with van der Waals surface area (Å²) in [4.78, 5) is 137. The number of phenols is 3. The molecule has 0 radical (unpaired) electrons. The molecule has 2 heterocycles. The highest BCUT2D eigenvalue weighted by Gasteiger charge is 2.51. The van der Waals surface area contributed by atoms with E-state index in [1.807, 2.05) is 13.8 Å². The van der Waals surface area contributed by atoms with Crippen molar-refractivity contribution < 1.29 is 92.8 Å². The van der Waals surface area contributed by atoms with Gasteiger partial charge in [-0.15, -0.1) is 0 Å². The van der Waals surface area contributed by atoms with E-state index in [9.17, 15) is 78.6 Å². The summed E-state index contributed by atoms with van der Waals surface area (Å²) in [5.41, 5.74) is -4.21. The van der Waals surface area contributed by atoms with Gasteiger partial charge in [-0.2, -0.15) is 0 Å². The lowest BCUT2D eigenvalue weighted by atomic mass is 9.72. The minimum Gasteiger partial charge on any atom is -0.508 e. The summed E-state index contributed by atoms with van der Waals surface area (Å²) >= 11 is 0. The molecule has 460 valence electrons. The van der Waals surface area contributed by atoms with Gasteiger partial charge in [-0.05, 0) is 68.2 Å². The fourth-order valence-electron chi connectivity index (χ4n) is 11.3. The van der Waals surface area contributed by atoms with Crippen molar-refractivity contribution in [2.75, 3.05) is 33.4 Å². The molecule has 0 aromatic heterocycles. The van der Waals surface area contributed by atoms with E-state index >= 15 is 0 Å². The van der Waals surface area contributed by atoms with Crippen molar-refractivity contribution in [3.05, 3.63) is 81.4 Å². The molecule has 26 nitrogen and oxygen atoms in total. The standard InChI is InChI=1S/C59H75N7O19/c1-27(2)18-36(65-58(81)39-11-9-17-66(39)44(72)25-60-30(6)68)55(78)61-24-43(71)62-37(19-28(3)4)56(79)64-38(20-31-13-15-32(69)16-14-31)57(80)63-35-21-45(84-29(5)50(35)73)85-41-23-59(82,42(70)26-67)22-34-47(41)54(77)49-48(52(34)75)51(74)33-10-8-12-40(83-7)46(33)53(49)76/h8,10,12-16,27-29,35-39,41,45,50,67,69,73,75,77,82H,9,11,17-26H2,1-7H3,(H,60,68)(H,61,78)(H,62,71)(H,63,80)(H,64,79)(H,65,81)/t29-,35-,36-,37-,38-,39-,41-,45-,50+,59-/m0/s1. The normalized spacial score (nSPS) is 22.7.